The first-order chi connectivity index (χ1) is 9.56. The molecule has 0 saturated heterocycles. The van der Waals surface area contributed by atoms with Crippen molar-refractivity contribution in [2.45, 2.75) is 13.0 Å². The van der Waals surface area contributed by atoms with Crippen LogP contribution in [0.15, 0.2) is 38.7 Å². The van der Waals surface area contributed by atoms with E-state index in [1.807, 2.05) is 24.4 Å². The highest BCUT2D eigenvalue weighted by atomic mass is 79.9. The summed E-state index contributed by atoms with van der Waals surface area (Å²) in [4.78, 5) is 24.3. The molecular weight excluding hydrogens is 346 g/mol. The molecule has 2 aromatic heterocycles. The number of esters is 1. The zero-order valence-corrected chi connectivity index (χ0v) is 13.0. The Balaban J connectivity index is 1.79. The van der Waals surface area contributed by atoms with Crippen LogP contribution in [0.5, 0.6) is 0 Å². The van der Waals surface area contributed by atoms with E-state index in [2.05, 4.69) is 21.2 Å². The fourth-order valence-corrected chi connectivity index (χ4v) is 2.56. The van der Waals surface area contributed by atoms with Crippen LogP contribution in [0.4, 0.5) is 0 Å². The molecule has 0 saturated carbocycles. The number of carbonyl (C=O) groups excluding carboxylic acids is 2. The lowest BCUT2D eigenvalue weighted by Crippen LogP contribution is -2.30. The van der Waals surface area contributed by atoms with Crippen LogP contribution in [-0.4, -0.2) is 18.5 Å². The zero-order valence-electron chi connectivity index (χ0n) is 10.6. The highest BCUT2D eigenvalue weighted by Gasteiger charge is 2.15. The van der Waals surface area contributed by atoms with Crippen molar-refractivity contribution in [3.63, 3.8) is 0 Å². The van der Waals surface area contributed by atoms with Crippen LogP contribution < -0.4 is 5.32 Å². The van der Waals surface area contributed by atoms with Gasteiger partial charge in [0.1, 0.15) is 0 Å². The molecule has 2 aromatic rings. The van der Waals surface area contributed by atoms with Gasteiger partial charge in [-0.3, -0.25) is 4.79 Å². The lowest BCUT2D eigenvalue weighted by molar-refractivity contribution is -0.124. The molecular formula is C13H12BrNO4S. The third kappa shape index (κ3) is 3.94. The number of halogens is 1. The standard InChI is InChI=1S/C13H12BrNO4S/c1-8(10-3-2-6-20-10)15-12(16)7-18-13(17)9-4-5-11(14)19-9/h2-6,8H,7H2,1H3,(H,15,16)/t8-/m1/s1. The van der Waals surface area contributed by atoms with E-state index in [0.717, 1.165) is 4.88 Å². The molecule has 0 aliphatic carbocycles. The Morgan fingerprint density at radius 3 is 2.85 bits per heavy atom. The molecule has 106 valence electrons. The third-order valence-corrected chi connectivity index (χ3v) is 3.94. The number of hydrogen-bond donors (Lipinski definition) is 1. The van der Waals surface area contributed by atoms with Crippen LogP contribution in [0.25, 0.3) is 0 Å². The largest absolute Gasteiger partial charge is 0.450 e. The summed E-state index contributed by atoms with van der Waals surface area (Å²) < 4.78 is 10.3. The second kappa shape index (κ2) is 6.71. The lowest BCUT2D eigenvalue weighted by Gasteiger charge is -2.11. The van der Waals surface area contributed by atoms with Crippen LogP contribution in [0.1, 0.15) is 28.4 Å². The molecule has 1 amide bonds. The number of hydrogen-bond acceptors (Lipinski definition) is 5. The SMILES string of the molecule is C[C@@H](NC(=O)COC(=O)c1ccc(Br)o1)c1cccs1. The van der Waals surface area contributed by atoms with Gasteiger partial charge in [-0.15, -0.1) is 11.3 Å². The van der Waals surface area contributed by atoms with Crippen molar-refractivity contribution in [1.29, 1.82) is 0 Å². The Hall–Kier alpha value is -1.60. The molecule has 0 unspecified atom stereocenters. The number of carbonyl (C=O) groups is 2. The van der Waals surface area contributed by atoms with Crippen LogP contribution in [-0.2, 0) is 9.53 Å². The molecule has 20 heavy (non-hydrogen) atoms. The summed E-state index contributed by atoms with van der Waals surface area (Å²) in [6.45, 7) is 1.53. The molecule has 0 spiro atoms. The maximum absolute atomic E-state index is 11.7. The highest BCUT2D eigenvalue weighted by molar-refractivity contribution is 9.10. The van der Waals surface area contributed by atoms with E-state index in [1.54, 1.807) is 17.4 Å². The van der Waals surface area contributed by atoms with Crippen molar-refractivity contribution in [2.24, 2.45) is 0 Å². The first-order valence-electron chi connectivity index (χ1n) is 5.81. The van der Waals surface area contributed by atoms with Crippen molar-refractivity contribution >= 4 is 39.1 Å². The van der Waals surface area contributed by atoms with E-state index in [9.17, 15) is 9.59 Å². The van der Waals surface area contributed by atoms with Crippen LogP contribution >= 0.6 is 27.3 Å². The molecule has 7 heteroatoms. The van der Waals surface area contributed by atoms with Gasteiger partial charge in [-0.2, -0.15) is 0 Å². The summed E-state index contributed by atoms with van der Waals surface area (Å²) in [5.74, 6) is -0.976. The third-order valence-electron chi connectivity index (χ3n) is 2.46. The summed E-state index contributed by atoms with van der Waals surface area (Å²) >= 11 is 4.64. The zero-order chi connectivity index (χ0) is 14.5. The van der Waals surface area contributed by atoms with Gasteiger partial charge in [-0.05, 0) is 46.4 Å². The highest BCUT2D eigenvalue weighted by Crippen LogP contribution is 2.18. The monoisotopic (exact) mass is 357 g/mol. The van der Waals surface area contributed by atoms with E-state index < -0.39 is 5.97 Å². The quantitative estimate of drug-likeness (QED) is 0.834. The van der Waals surface area contributed by atoms with Crippen molar-refractivity contribution in [1.82, 2.24) is 5.32 Å². The number of furan rings is 1. The molecule has 0 radical (unpaired) electrons. The van der Waals surface area contributed by atoms with Gasteiger partial charge in [0, 0.05) is 4.88 Å². The van der Waals surface area contributed by atoms with Gasteiger partial charge in [-0.25, -0.2) is 4.79 Å². The summed E-state index contributed by atoms with van der Waals surface area (Å²) in [6, 6.07) is 6.78. The van der Waals surface area contributed by atoms with Crippen molar-refractivity contribution < 1.29 is 18.7 Å². The average molecular weight is 358 g/mol. The second-order valence-electron chi connectivity index (χ2n) is 3.98. The minimum Gasteiger partial charge on any atom is -0.450 e. The molecule has 0 fully saturated rings. The summed E-state index contributed by atoms with van der Waals surface area (Å²) in [7, 11) is 0. The maximum Gasteiger partial charge on any atom is 0.374 e. The Morgan fingerprint density at radius 2 is 2.25 bits per heavy atom. The number of nitrogens with one attached hydrogen (secondary N) is 1. The normalized spacial score (nSPS) is 11.9. The minimum absolute atomic E-state index is 0.0518. The van der Waals surface area contributed by atoms with Gasteiger partial charge >= 0.3 is 5.97 Å². The first-order valence-corrected chi connectivity index (χ1v) is 7.49. The Bertz CT molecular complexity index is 593. The van der Waals surface area contributed by atoms with E-state index >= 15 is 0 Å². The van der Waals surface area contributed by atoms with Gasteiger partial charge in [0.05, 0.1) is 6.04 Å². The molecule has 2 rings (SSSR count). The second-order valence-corrected chi connectivity index (χ2v) is 5.75. The smallest absolute Gasteiger partial charge is 0.374 e. The van der Waals surface area contributed by atoms with Gasteiger partial charge in [-0.1, -0.05) is 6.07 Å². The number of amides is 1. The fourth-order valence-electron chi connectivity index (χ4n) is 1.52. The van der Waals surface area contributed by atoms with E-state index in [0.29, 0.717) is 4.67 Å². The molecule has 1 atom stereocenters. The summed E-state index contributed by atoms with van der Waals surface area (Å²) in [6.07, 6.45) is 0. The van der Waals surface area contributed by atoms with E-state index in [-0.39, 0.29) is 24.3 Å². The minimum atomic E-state index is -0.672. The van der Waals surface area contributed by atoms with Crippen molar-refractivity contribution in [2.75, 3.05) is 6.61 Å². The molecule has 5 nitrogen and oxygen atoms in total. The van der Waals surface area contributed by atoms with Gasteiger partial charge < -0.3 is 14.5 Å². The van der Waals surface area contributed by atoms with Crippen LogP contribution in [0.2, 0.25) is 0 Å². The van der Waals surface area contributed by atoms with E-state index in [1.165, 1.54) is 6.07 Å². The first kappa shape index (κ1) is 14.8. The molecule has 0 aromatic carbocycles. The van der Waals surface area contributed by atoms with Crippen molar-refractivity contribution in [3.8, 4) is 0 Å². The molecule has 0 aliphatic rings. The van der Waals surface area contributed by atoms with Gasteiger partial charge in [0.2, 0.25) is 5.76 Å². The molecule has 0 bridgehead atoms. The predicted octanol–water partition coefficient (Wildman–Crippen LogP) is 3.14. The average Bonchev–Trinajstić information content (AvgIpc) is 3.06. The van der Waals surface area contributed by atoms with Gasteiger partial charge in [0.15, 0.2) is 11.3 Å². The summed E-state index contributed by atoms with van der Waals surface area (Å²) in [5.41, 5.74) is 0. The van der Waals surface area contributed by atoms with E-state index in [4.69, 9.17) is 9.15 Å². The maximum atomic E-state index is 11.7. The Kier molecular flexibility index (Phi) is 4.97. The fraction of sp³-hybridized carbons (Fsp3) is 0.231. The van der Waals surface area contributed by atoms with Crippen LogP contribution in [0, 0.1) is 0 Å². The predicted molar refractivity (Wildman–Crippen MR) is 77.6 cm³/mol. The number of ether oxygens (including phenoxy) is 1. The summed E-state index contributed by atoms with van der Waals surface area (Å²) in [5, 5.41) is 4.69. The van der Waals surface area contributed by atoms with Crippen molar-refractivity contribution in [3.05, 3.63) is 45.0 Å². The number of rotatable bonds is 5. The molecule has 0 aliphatic heterocycles. The molecule has 1 N–H and O–H groups in total. The van der Waals surface area contributed by atoms with Gasteiger partial charge in [0.25, 0.3) is 5.91 Å². The lowest BCUT2D eigenvalue weighted by atomic mass is 10.3. The Morgan fingerprint density at radius 1 is 1.45 bits per heavy atom. The molecule has 2 heterocycles. The number of thiophene rings is 1. The Labute approximate surface area is 128 Å². The topological polar surface area (TPSA) is 68.5 Å². The van der Waals surface area contributed by atoms with Crippen LogP contribution in [0.3, 0.4) is 0 Å².